The summed E-state index contributed by atoms with van der Waals surface area (Å²) in [5.41, 5.74) is -3.04. The molecule has 0 spiro atoms. The predicted molar refractivity (Wildman–Crippen MR) is 134 cm³/mol. The monoisotopic (exact) mass is 520 g/mol. The molecule has 2 aliphatic rings. The molecular weight excluding hydrogens is 492 g/mol. The molecule has 5 rings (SSSR count). The Morgan fingerprint density at radius 1 is 0.947 bits per heavy atom. The second kappa shape index (κ2) is 9.66. The fourth-order valence-corrected chi connectivity index (χ4v) is 5.72. The summed E-state index contributed by atoms with van der Waals surface area (Å²) in [5, 5.41) is 12.4. The lowest BCUT2D eigenvalue weighted by molar-refractivity contribution is -0.162. The molecule has 1 N–H and O–H groups in total. The molecule has 9 nitrogen and oxygen atoms in total. The number of hydrogen-bond acceptors (Lipinski definition) is 9. The van der Waals surface area contributed by atoms with Gasteiger partial charge in [0.15, 0.2) is 12.4 Å². The van der Waals surface area contributed by atoms with Crippen molar-refractivity contribution in [2.24, 2.45) is 5.92 Å². The van der Waals surface area contributed by atoms with Crippen molar-refractivity contribution < 1.29 is 43.1 Å². The molecule has 1 aliphatic carbocycles. The molecule has 0 amide bonds. The Morgan fingerprint density at radius 2 is 1.66 bits per heavy atom. The number of carbonyl (C=O) groups is 2. The Balaban J connectivity index is 1.86. The van der Waals surface area contributed by atoms with Gasteiger partial charge in [-0.2, -0.15) is 0 Å². The van der Waals surface area contributed by atoms with Crippen LogP contribution in [0, 0.1) is 5.92 Å². The normalized spacial score (nSPS) is 25.2. The predicted octanol–water partition coefficient (Wildman–Crippen LogP) is 3.32. The van der Waals surface area contributed by atoms with E-state index in [0.29, 0.717) is 22.6 Å². The smallest absolute Gasteiger partial charge is 0.313 e. The molecule has 1 heterocycles. The summed E-state index contributed by atoms with van der Waals surface area (Å²) in [6.07, 6.45) is 0. The van der Waals surface area contributed by atoms with Crippen molar-refractivity contribution in [3.63, 3.8) is 0 Å². The van der Waals surface area contributed by atoms with Gasteiger partial charge in [-0.25, -0.2) is 0 Å². The summed E-state index contributed by atoms with van der Waals surface area (Å²) in [4.78, 5) is 28.1. The topological polar surface area (TPSA) is 110 Å². The Hall–Kier alpha value is -4.08. The summed E-state index contributed by atoms with van der Waals surface area (Å²) >= 11 is 0. The zero-order valence-corrected chi connectivity index (χ0v) is 21.4. The number of benzene rings is 3. The third kappa shape index (κ3) is 3.53. The number of ether oxygens (including phenoxy) is 6. The molecule has 1 fully saturated rings. The van der Waals surface area contributed by atoms with Crippen molar-refractivity contribution in [3.8, 4) is 23.0 Å². The number of fused-ring (bicyclic) bond motifs is 4. The van der Waals surface area contributed by atoms with Crippen molar-refractivity contribution in [3.05, 3.63) is 83.4 Å². The van der Waals surface area contributed by atoms with Gasteiger partial charge in [0.25, 0.3) is 0 Å². The van der Waals surface area contributed by atoms with Crippen LogP contribution in [0.3, 0.4) is 0 Å². The van der Waals surface area contributed by atoms with Crippen LogP contribution in [-0.4, -0.2) is 52.1 Å². The maximum atomic E-state index is 14.6. The van der Waals surface area contributed by atoms with Crippen LogP contribution in [0.1, 0.15) is 22.6 Å². The number of carbonyl (C=O) groups excluding carboxylic acids is 2. The highest BCUT2D eigenvalue weighted by Gasteiger charge is 2.77. The first kappa shape index (κ1) is 25.6. The second-order valence-corrected chi connectivity index (χ2v) is 9.10. The van der Waals surface area contributed by atoms with Gasteiger partial charge in [-0.15, -0.1) is 0 Å². The Labute approximate surface area is 219 Å². The highest BCUT2D eigenvalue weighted by molar-refractivity contribution is 6.07. The number of Topliss-reactive ketones (excluding diaryl/α,β-unsaturated/α-hetero) is 1. The van der Waals surface area contributed by atoms with Crippen molar-refractivity contribution >= 4 is 11.8 Å². The maximum absolute atomic E-state index is 14.6. The van der Waals surface area contributed by atoms with E-state index in [0.717, 1.165) is 0 Å². The van der Waals surface area contributed by atoms with Crippen LogP contribution >= 0.6 is 0 Å². The maximum Gasteiger partial charge on any atom is 0.313 e. The van der Waals surface area contributed by atoms with Gasteiger partial charge in [0.2, 0.25) is 11.4 Å². The van der Waals surface area contributed by atoms with Gasteiger partial charge in [0.05, 0.1) is 32.8 Å². The first-order valence-corrected chi connectivity index (χ1v) is 11.9. The molecule has 1 saturated carbocycles. The van der Waals surface area contributed by atoms with E-state index in [2.05, 4.69) is 0 Å². The van der Waals surface area contributed by atoms with Crippen LogP contribution in [-0.2, 0) is 30.3 Å². The zero-order valence-electron chi connectivity index (χ0n) is 21.4. The first-order chi connectivity index (χ1) is 18.4. The molecule has 38 heavy (non-hydrogen) atoms. The van der Waals surface area contributed by atoms with Crippen LogP contribution < -0.4 is 18.9 Å². The standard InChI is InChI=1S/C29H28O9/c1-33-16-37-20-14-21(35-3)24-22(15-20)38-29(18-10-12-19(34-2)13-11-18)23(17-8-6-5-7-9-17)25(26(30)36-4)28(24,32)27(29)31/h5-15,23,25,32H,16H2,1-4H3/t23-,25+,28+,29+/m1/s1. The van der Waals surface area contributed by atoms with Gasteiger partial charge >= 0.3 is 5.97 Å². The van der Waals surface area contributed by atoms with Crippen LogP contribution in [0.5, 0.6) is 23.0 Å². The number of ketones is 1. The van der Waals surface area contributed by atoms with Crippen LogP contribution in [0.2, 0.25) is 0 Å². The highest BCUT2D eigenvalue weighted by atomic mass is 16.7. The molecule has 3 aromatic rings. The quantitative estimate of drug-likeness (QED) is 0.353. The van der Waals surface area contributed by atoms with Gasteiger partial charge in [-0.1, -0.05) is 42.5 Å². The molecule has 198 valence electrons. The van der Waals surface area contributed by atoms with Gasteiger partial charge in [0.1, 0.15) is 28.9 Å². The van der Waals surface area contributed by atoms with E-state index in [1.54, 1.807) is 54.6 Å². The summed E-state index contributed by atoms with van der Waals surface area (Å²) in [7, 11) is 5.64. The van der Waals surface area contributed by atoms with E-state index in [1.807, 2.05) is 6.07 Å². The third-order valence-electron chi connectivity index (χ3n) is 7.29. The fourth-order valence-electron chi connectivity index (χ4n) is 5.72. The molecule has 0 aromatic heterocycles. The van der Waals surface area contributed by atoms with Gasteiger partial charge in [-0.05, 0) is 17.7 Å². The van der Waals surface area contributed by atoms with Crippen LogP contribution in [0.15, 0.2) is 66.7 Å². The number of hydrogen-bond donors (Lipinski definition) is 1. The third-order valence-corrected chi connectivity index (χ3v) is 7.29. The van der Waals surface area contributed by atoms with Crippen LogP contribution in [0.25, 0.3) is 0 Å². The fraction of sp³-hybridized carbons (Fsp3) is 0.310. The van der Waals surface area contributed by atoms with Crippen molar-refractivity contribution in [2.75, 3.05) is 35.2 Å². The second-order valence-electron chi connectivity index (χ2n) is 9.10. The van der Waals surface area contributed by atoms with Gasteiger partial charge < -0.3 is 33.5 Å². The van der Waals surface area contributed by atoms with E-state index in [-0.39, 0.29) is 23.9 Å². The molecule has 2 bridgehead atoms. The van der Waals surface area contributed by atoms with Crippen molar-refractivity contribution in [2.45, 2.75) is 17.1 Å². The minimum atomic E-state index is -2.34. The number of rotatable bonds is 8. The summed E-state index contributed by atoms with van der Waals surface area (Å²) in [6.45, 7) is -0.0494. The Morgan fingerprint density at radius 3 is 2.26 bits per heavy atom. The van der Waals surface area contributed by atoms with E-state index in [9.17, 15) is 14.7 Å². The minimum Gasteiger partial charge on any atom is -0.497 e. The lowest BCUT2D eigenvalue weighted by Gasteiger charge is -2.40. The van der Waals surface area contributed by atoms with Crippen molar-refractivity contribution in [1.29, 1.82) is 0 Å². The summed E-state index contributed by atoms with van der Waals surface area (Å²) in [5.74, 6) is -2.61. The van der Waals surface area contributed by atoms with E-state index < -0.39 is 34.8 Å². The molecular formula is C29H28O9. The largest absolute Gasteiger partial charge is 0.497 e. The van der Waals surface area contributed by atoms with Gasteiger partial charge in [0, 0.05) is 24.8 Å². The lowest BCUT2D eigenvalue weighted by Crippen LogP contribution is -2.51. The molecule has 3 aromatic carbocycles. The Bertz CT molecular complexity index is 1350. The molecule has 4 atom stereocenters. The number of methoxy groups -OCH3 is 4. The van der Waals surface area contributed by atoms with E-state index in [1.165, 1.54) is 34.5 Å². The molecule has 1 aliphatic heterocycles. The number of aliphatic hydroxyl groups is 1. The minimum absolute atomic E-state index is 0.0349. The van der Waals surface area contributed by atoms with Crippen LogP contribution in [0.4, 0.5) is 0 Å². The van der Waals surface area contributed by atoms with E-state index in [4.69, 9.17) is 28.4 Å². The average molecular weight is 521 g/mol. The summed E-state index contributed by atoms with van der Waals surface area (Å²) < 4.78 is 33.4. The lowest BCUT2D eigenvalue weighted by atomic mass is 9.75. The van der Waals surface area contributed by atoms with E-state index >= 15 is 0 Å². The molecule has 0 radical (unpaired) electrons. The molecule has 0 unspecified atom stereocenters. The molecule has 9 heteroatoms. The van der Waals surface area contributed by atoms with Crippen molar-refractivity contribution in [1.82, 2.24) is 0 Å². The first-order valence-electron chi connectivity index (χ1n) is 11.9. The summed E-state index contributed by atoms with van der Waals surface area (Å²) in [6, 6.07) is 18.9. The average Bonchev–Trinajstić information content (AvgIpc) is 3.08. The highest BCUT2D eigenvalue weighted by Crippen LogP contribution is 2.66. The SMILES string of the molecule is COCOc1cc(OC)c2c(c1)O[C@]1(c3ccc(OC)cc3)C(=O)[C@@]2(O)[C@H](C(=O)OC)[C@H]1c1ccccc1. The molecule has 0 saturated heterocycles. The Kier molecular flexibility index (Phi) is 6.50. The zero-order chi connectivity index (χ0) is 27.1. The number of esters is 1. The van der Waals surface area contributed by atoms with Gasteiger partial charge in [-0.3, -0.25) is 9.59 Å².